The molecule has 1 saturated carbocycles. The summed E-state index contributed by atoms with van der Waals surface area (Å²) < 4.78 is 1.56. The fourth-order valence-corrected chi connectivity index (χ4v) is 2.17. The highest BCUT2D eigenvalue weighted by Gasteiger charge is 2.18. The number of aliphatic hydroxyl groups excluding tert-OH is 1. The van der Waals surface area contributed by atoms with E-state index in [1.807, 2.05) is 0 Å². The Hall–Kier alpha value is -1.10. The van der Waals surface area contributed by atoms with Crippen LogP contribution in [0.1, 0.15) is 44.0 Å². The number of nitrogens with one attached hydrogen (secondary N) is 1. The fourth-order valence-electron chi connectivity index (χ4n) is 2.17. The quantitative estimate of drug-likeness (QED) is 0.769. The molecule has 1 aromatic rings. The maximum absolute atomic E-state index is 11.6. The number of aliphatic hydroxyl groups is 1. The Bertz CT molecular complexity index is 363. The van der Waals surface area contributed by atoms with Gasteiger partial charge in [-0.1, -0.05) is 19.3 Å². The van der Waals surface area contributed by atoms with Crippen LogP contribution in [0.25, 0.3) is 0 Å². The number of hydrogen-bond acceptors (Lipinski definition) is 3. The molecule has 0 aromatic carbocycles. The van der Waals surface area contributed by atoms with Crippen molar-refractivity contribution in [2.45, 2.75) is 44.6 Å². The van der Waals surface area contributed by atoms with Gasteiger partial charge in [0, 0.05) is 6.42 Å². The predicted molar refractivity (Wildman–Crippen MR) is 55.8 cm³/mol. The lowest BCUT2D eigenvalue weighted by Crippen LogP contribution is -2.25. The van der Waals surface area contributed by atoms with Gasteiger partial charge in [-0.05, 0) is 12.8 Å². The van der Waals surface area contributed by atoms with Gasteiger partial charge in [-0.15, -0.1) is 0 Å². The number of rotatable bonds is 3. The second kappa shape index (κ2) is 4.61. The van der Waals surface area contributed by atoms with E-state index in [-0.39, 0.29) is 18.3 Å². The Morgan fingerprint density at radius 3 is 2.80 bits per heavy atom. The van der Waals surface area contributed by atoms with Gasteiger partial charge in [-0.25, -0.2) is 9.48 Å². The van der Waals surface area contributed by atoms with Crippen molar-refractivity contribution in [1.82, 2.24) is 14.8 Å². The molecule has 1 heterocycles. The van der Waals surface area contributed by atoms with Crippen molar-refractivity contribution >= 4 is 0 Å². The third-order valence-corrected chi connectivity index (χ3v) is 2.96. The number of H-pyrrole nitrogens is 1. The van der Waals surface area contributed by atoms with Gasteiger partial charge in [0.05, 0.1) is 12.6 Å². The maximum Gasteiger partial charge on any atom is 0.343 e. The van der Waals surface area contributed by atoms with E-state index in [2.05, 4.69) is 10.1 Å². The van der Waals surface area contributed by atoms with E-state index >= 15 is 0 Å². The normalized spacial score (nSPS) is 18.2. The zero-order chi connectivity index (χ0) is 10.7. The first-order valence-corrected chi connectivity index (χ1v) is 5.60. The molecule has 0 aliphatic heterocycles. The first kappa shape index (κ1) is 10.4. The van der Waals surface area contributed by atoms with Crippen LogP contribution in [0.15, 0.2) is 4.79 Å². The Labute approximate surface area is 88.1 Å². The molecule has 0 atom stereocenters. The summed E-state index contributed by atoms with van der Waals surface area (Å²) in [5.74, 6) is 0.591. The zero-order valence-electron chi connectivity index (χ0n) is 8.78. The molecule has 1 aliphatic carbocycles. The lowest BCUT2D eigenvalue weighted by molar-refractivity contribution is 0.293. The molecular formula is C10H17N3O2. The van der Waals surface area contributed by atoms with Gasteiger partial charge in [0.15, 0.2) is 0 Å². The number of aromatic nitrogens is 3. The zero-order valence-corrected chi connectivity index (χ0v) is 8.78. The molecule has 2 rings (SSSR count). The van der Waals surface area contributed by atoms with Crippen molar-refractivity contribution in [3.05, 3.63) is 16.3 Å². The molecule has 0 unspecified atom stereocenters. The van der Waals surface area contributed by atoms with E-state index in [0.29, 0.717) is 12.2 Å². The average molecular weight is 211 g/mol. The standard InChI is InChI=1S/C10H17N3O2/c14-7-6-9-11-10(15)13(12-9)8-4-2-1-3-5-8/h8,14H,1-7H2,(H,11,12,15). The highest BCUT2D eigenvalue weighted by Crippen LogP contribution is 2.25. The molecular weight excluding hydrogens is 194 g/mol. The van der Waals surface area contributed by atoms with Crippen LogP contribution in [0.3, 0.4) is 0 Å². The Morgan fingerprint density at radius 2 is 2.13 bits per heavy atom. The summed E-state index contributed by atoms with van der Waals surface area (Å²) >= 11 is 0. The van der Waals surface area contributed by atoms with E-state index < -0.39 is 0 Å². The van der Waals surface area contributed by atoms with Crippen LogP contribution >= 0.6 is 0 Å². The third-order valence-electron chi connectivity index (χ3n) is 2.96. The molecule has 0 radical (unpaired) electrons. The molecule has 0 saturated heterocycles. The first-order chi connectivity index (χ1) is 7.31. The van der Waals surface area contributed by atoms with Crippen LogP contribution in [0.5, 0.6) is 0 Å². The van der Waals surface area contributed by atoms with E-state index in [1.165, 1.54) is 19.3 Å². The minimum absolute atomic E-state index is 0.0254. The first-order valence-electron chi connectivity index (χ1n) is 5.60. The summed E-state index contributed by atoms with van der Waals surface area (Å²) in [7, 11) is 0. The molecule has 0 spiro atoms. The van der Waals surface area contributed by atoms with Crippen molar-refractivity contribution in [3.8, 4) is 0 Å². The summed E-state index contributed by atoms with van der Waals surface area (Å²) in [4.78, 5) is 14.3. The van der Waals surface area contributed by atoms with Gasteiger partial charge >= 0.3 is 5.69 Å². The molecule has 0 bridgehead atoms. The predicted octanol–water partition coefficient (Wildman–Crippen LogP) is 0.611. The lowest BCUT2D eigenvalue weighted by atomic mass is 9.96. The Balaban J connectivity index is 2.15. The van der Waals surface area contributed by atoms with Crippen molar-refractivity contribution < 1.29 is 5.11 Å². The van der Waals surface area contributed by atoms with Crippen LogP contribution in [0.2, 0.25) is 0 Å². The molecule has 15 heavy (non-hydrogen) atoms. The minimum Gasteiger partial charge on any atom is -0.396 e. The van der Waals surface area contributed by atoms with Gasteiger partial charge in [-0.3, -0.25) is 4.98 Å². The maximum atomic E-state index is 11.6. The van der Waals surface area contributed by atoms with E-state index in [4.69, 9.17) is 5.11 Å². The van der Waals surface area contributed by atoms with Crippen molar-refractivity contribution in [2.24, 2.45) is 0 Å². The van der Waals surface area contributed by atoms with Crippen LogP contribution in [0, 0.1) is 0 Å². The van der Waals surface area contributed by atoms with E-state index in [1.54, 1.807) is 4.68 Å². The molecule has 1 fully saturated rings. The SMILES string of the molecule is O=c1[nH]c(CCO)nn1C1CCCCC1. The molecule has 84 valence electrons. The molecule has 5 nitrogen and oxygen atoms in total. The summed E-state index contributed by atoms with van der Waals surface area (Å²) in [5, 5.41) is 13.0. The second-order valence-electron chi connectivity index (χ2n) is 4.09. The van der Waals surface area contributed by atoms with Crippen molar-refractivity contribution in [2.75, 3.05) is 6.61 Å². The Kier molecular flexibility index (Phi) is 3.20. The number of aromatic amines is 1. The minimum atomic E-state index is -0.134. The van der Waals surface area contributed by atoms with Crippen LogP contribution < -0.4 is 5.69 Å². The van der Waals surface area contributed by atoms with Crippen molar-refractivity contribution in [1.29, 1.82) is 0 Å². The second-order valence-corrected chi connectivity index (χ2v) is 4.09. The number of hydrogen-bond donors (Lipinski definition) is 2. The molecule has 5 heteroatoms. The lowest BCUT2D eigenvalue weighted by Gasteiger charge is -2.20. The van der Waals surface area contributed by atoms with Crippen LogP contribution in [-0.2, 0) is 6.42 Å². The van der Waals surface area contributed by atoms with E-state index in [0.717, 1.165) is 12.8 Å². The van der Waals surface area contributed by atoms with Gasteiger partial charge < -0.3 is 5.11 Å². The number of nitrogens with zero attached hydrogens (tertiary/aromatic N) is 2. The van der Waals surface area contributed by atoms with E-state index in [9.17, 15) is 4.79 Å². The summed E-state index contributed by atoms with van der Waals surface area (Å²) in [6.07, 6.45) is 6.14. The third kappa shape index (κ3) is 2.28. The summed E-state index contributed by atoms with van der Waals surface area (Å²) in [6, 6.07) is 0.259. The summed E-state index contributed by atoms with van der Waals surface area (Å²) in [5.41, 5.74) is -0.134. The molecule has 0 amide bonds. The fraction of sp³-hybridized carbons (Fsp3) is 0.800. The van der Waals surface area contributed by atoms with Crippen molar-refractivity contribution in [3.63, 3.8) is 0 Å². The van der Waals surface area contributed by atoms with Crippen LogP contribution in [-0.4, -0.2) is 26.5 Å². The highest BCUT2D eigenvalue weighted by molar-refractivity contribution is 4.85. The highest BCUT2D eigenvalue weighted by atomic mass is 16.3. The monoisotopic (exact) mass is 211 g/mol. The largest absolute Gasteiger partial charge is 0.396 e. The molecule has 1 aromatic heterocycles. The molecule has 2 N–H and O–H groups in total. The van der Waals surface area contributed by atoms with Gasteiger partial charge in [0.2, 0.25) is 0 Å². The molecule has 1 aliphatic rings. The smallest absolute Gasteiger partial charge is 0.343 e. The van der Waals surface area contributed by atoms with Gasteiger partial charge in [0.25, 0.3) is 0 Å². The Morgan fingerprint density at radius 1 is 1.40 bits per heavy atom. The summed E-state index contributed by atoms with van der Waals surface area (Å²) in [6.45, 7) is 0.0254. The van der Waals surface area contributed by atoms with Crippen LogP contribution in [0.4, 0.5) is 0 Å². The van der Waals surface area contributed by atoms with Gasteiger partial charge in [0.1, 0.15) is 5.82 Å². The average Bonchev–Trinajstić information content (AvgIpc) is 2.61. The topological polar surface area (TPSA) is 70.9 Å². The van der Waals surface area contributed by atoms with Gasteiger partial charge in [-0.2, -0.15) is 5.10 Å².